The normalized spacial score (nSPS) is 12.8. The Morgan fingerprint density at radius 2 is 0.984 bits per heavy atom. The average molecular weight is 948 g/mol. The molecule has 0 nitrogen and oxygen atoms in total. The van der Waals surface area contributed by atoms with Gasteiger partial charge in [0.25, 0.3) is 0 Å². The first kappa shape index (κ1) is 47.7. The number of benzene rings is 6. The third kappa shape index (κ3) is 11.1. The van der Waals surface area contributed by atoms with E-state index in [4.69, 9.17) is 17.0 Å². The Hall–Kier alpha value is -3.78. The van der Waals surface area contributed by atoms with Gasteiger partial charge >= 0.3 is 37.9 Å². The van der Waals surface area contributed by atoms with Crippen molar-refractivity contribution in [3.63, 3.8) is 0 Å². The van der Waals surface area contributed by atoms with Gasteiger partial charge in [-0.1, -0.05) is 187 Å². The largest absolute Gasteiger partial charge is 0.184 e. The number of hydrogen-bond donors (Lipinski definition) is 0. The second-order valence-electron chi connectivity index (χ2n) is 18.6. The summed E-state index contributed by atoms with van der Waals surface area (Å²) >= 11 is -0.826. The molecule has 0 aliphatic carbocycles. The van der Waals surface area contributed by atoms with Crippen LogP contribution in [0.5, 0.6) is 0 Å². The van der Waals surface area contributed by atoms with E-state index in [1.807, 2.05) is 6.07 Å². The first-order valence-electron chi connectivity index (χ1n) is 22.1. The van der Waals surface area contributed by atoms with E-state index in [9.17, 15) is 0 Å². The number of fused-ring (bicyclic) bond motifs is 5. The van der Waals surface area contributed by atoms with Crippen molar-refractivity contribution >= 4 is 58.5 Å². The maximum Gasteiger partial charge on any atom is 0.0920 e. The number of hydrogen-bond acceptors (Lipinski definition) is 0. The summed E-state index contributed by atoms with van der Waals surface area (Å²) in [6, 6.07) is 58.7. The van der Waals surface area contributed by atoms with Gasteiger partial charge in [-0.05, 0) is 46.6 Å². The van der Waals surface area contributed by atoms with Crippen LogP contribution in [0.3, 0.4) is 0 Å². The zero-order chi connectivity index (χ0) is 44.6. The van der Waals surface area contributed by atoms with Crippen LogP contribution in [0.1, 0.15) is 116 Å². The fraction of sp³-hybridized carbons (Fsp3) is 0.276. The third-order valence-electron chi connectivity index (χ3n) is 12.3. The van der Waals surface area contributed by atoms with Crippen LogP contribution in [0.2, 0.25) is 0 Å². The van der Waals surface area contributed by atoms with Crippen LogP contribution in [-0.4, -0.2) is 9.52 Å². The summed E-state index contributed by atoms with van der Waals surface area (Å²) in [5, 5.41) is 8.35. The van der Waals surface area contributed by atoms with Crippen LogP contribution in [-0.2, 0) is 31.7 Å². The molecule has 62 heavy (non-hydrogen) atoms. The molecule has 9 rings (SSSR count). The molecule has 4 heteroatoms. The quantitative estimate of drug-likeness (QED) is 0.115. The number of halogens is 2. The molecule has 8 aromatic carbocycles. The summed E-state index contributed by atoms with van der Waals surface area (Å²) in [6.07, 6.45) is 2.33. The van der Waals surface area contributed by atoms with Crippen LogP contribution in [0.25, 0.3) is 54.9 Å². The summed E-state index contributed by atoms with van der Waals surface area (Å²) in [6.45, 7) is 23.0. The van der Waals surface area contributed by atoms with Crippen LogP contribution in [0, 0.1) is 6.07 Å². The summed E-state index contributed by atoms with van der Waals surface area (Å²) in [5.74, 6) is 1.14. The molecule has 0 saturated heterocycles. The third-order valence-corrected chi connectivity index (χ3v) is 13.7. The van der Waals surface area contributed by atoms with E-state index in [-0.39, 0.29) is 10.8 Å². The van der Waals surface area contributed by atoms with Crippen molar-refractivity contribution in [2.45, 2.75) is 105 Å². The first-order chi connectivity index (χ1) is 29.7. The molecule has 0 aromatic heterocycles. The van der Waals surface area contributed by atoms with Gasteiger partial charge in [-0.15, -0.1) is 74.6 Å². The molecule has 2 radical (unpaired) electrons. The van der Waals surface area contributed by atoms with E-state index in [1.54, 1.807) is 0 Å². The van der Waals surface area contributed by atoms with Gasteiger partial charge in [0.2, 0.25) is 0 Å². The Morgan fingerprint density at radius 3 is 1.42 bits per heavy atom. The van der Waals surface area contributed by atoms with Gasteiger partial charge in [0.15, 0.2) is 0 Å². The zero-order valence-electron chi connectivity index (χ0n) is 38.3. The minimum absolute atomic E-state index is 0.184. The van der Waals surface area contributed by atoms with E-state index < -0.39 is 20.8 Å². The molecule has 0 amide bonds. The first-order valence-corrected chi connectivity index (χ1v) is 29.4. The van der Waals surface area contributed by atoms with Crippen molar-refractivity contribution in [2.75, 3.05) is 0 Å². The maximum atomic E-state index is 4.93. The molecule has 1 aliphatic heterocycles. The maximum absolute atomic E-state index is 4.93. The standard InChI is InChI=1S/2C23H27.C12H7Si.2ClH.Zr/c2*1-6-16(2)20-13-12-18-14-19(23(3,4)5)15-21(18)22(20)17-10-8-7-9-11-17;1-3-7-11-9(5-1)10-6-2-4-8-12(10)13-11;;;/h2*7-16H,6H2,1-5H3;1-7H;2*1H;/q3*-1;;;+2/p-2. The van der Waals surface area contributed by atoms with E-state index >= 15 is 0 Å². The van der Waals surface area contributed by atoms with E-state index in [0.717, 1.165) is 22.4 Å². The van der Waals surface area contributed by atoms with Crippen LogP contribution >= 0.6 is 17.0 Å². The fourth-order valence-electron chi connectivity index (χ4n) is 8.30. The Morgan fingerprint density at radius 1 is 0.565 bits per heavy atom. The molecule has 0 N–H and O–H groups in total. The van der Waals surface area contributed by atoms with Crippen molar-refractivity contribution < 1.29 is 20.8 Å². The molecule has 0 fully saturated rings. The van der Waals surface area contributed by atoms with Crippen LogP contribution < -0.4 is 10.4 Å². The van der Waals surface area contributed by atoms with Gasteiger partial charge in [-0.25, -0.2) is 0 Å². The van der Waals surface area contributed by atoms with Crippen LogP contribution in [0.4, 0.5) is 0 Å². The minimum Gasteiger partial charge on any atom is -0.184 e. The Labute approximate surface area is 394 Å². The summed E-state index contributed by atoms with van der Waals surface area (Å²) < 4.78 is 0. The van der Waals surface area contributed by atoms with Crippen molar-refractivity contribution in [1.29, 1.82) is 0 Å². The SMILES string of the molecule is CCC(C)c1ccc2[cH-]c(C(C)(C)C)cc2c1-c1ccccc1.CCC(C)c1ccc2[cH-]c(C(C)(C)C)cc2c1-c1ccccc1.[Cl][Zr][Cl].[c-]1cccc2c1[Si]c1ccccc1-2. The van der Waals surface area contributed by atoms with Gasteiger partial charge < -0.3 is 0 Å². The molecular weight excluding hydrogens is 887 g/mol. The second kappa shape index (κ2) is 21.3. The van der Waals surface area contributed by atoms with Gasteiger partial charge in [0.05, 0.1) is 9.52 Å². The Bertz CT molecular complexity index is 2490. The van der Waals surface area contributed by atoms with Crippen LogP contribution in [0.15, 0.2) is 152 Å². The van der Waals surface area contributed by atoms with Crippen molar-refractivity contribution in [1.82, 2.24) is 0 Å². The van der Waals surface area contributed by atoms with E-state index in [1.165, 1.54) is 87.6 Å². The molecule has 0 bridgehead atoms. The van der Waals surface area contributed by atoms with Gasteiger partial charge in [-0.2, -0.15) is 41.6 Å². The van der Waals surface area contributed by atoms with Crippen molar-refractivity contribution in [3.05, 3.63) is 180 Å². The fourth-order valence-corrected chi connectivity index (χ4v) is 9.61. The molecule has 1 aliphatic rings. The van der Waals surface area contributed by atoms with Gasteiger partial charge in [-0.3, -0.25) is 0 Å². The molecule has 0 saturated carbocycles. The minimum atomic E-state index is -0.826. The molecule has 1 heterocycles. The topological polar surface area (TPSA) is 0 Å². The number of rotatable bonds is 6. The summed E-state index contributed by atoms with van der Waals surface area (Å²) in [7, 11) is 10.7. The molecule has 318 valence electrons. The summed E-state index contributed by atoms with van der Waals surface area (Å²) in [5.41, 5.74) is 14.4. The van der Waals surface area contributed by atoms with E-state index in [2.05, 4.69) is 221 Å². The van der Waals surface area contributed by atoms with Gasteiger partial charge in [0.1, 0.15) is 0 Å². The van der Waals surface area contributed by atoms with Crippen molar-refractivity contribution in [3.8, 4) is 33.4 Å². The molecule has 2 atom stereocenters. The zero-order valence-corrected chi connectivity index (χ0v) is 43.2. The Balaban J connectivity index is 0.000000155. The monoisotopic (exact) mass is 945 g/mol. The summed E-state index contributed by atoms with van der Waals surface area (Å²) in [4.78, 5) is 0. The van der Waals surface area contributed by atoms with Crippen molar-refractivity contribution in [2.24, 2.45) is 0 Å². The predicted octanol–water partition coefficient (Wildman–Crippen LogP) is 16.6. The predicted molar refractivity (Wildman–Crippen MR) is 272 cm³/mol. The Kier molecular flexibility index (Phi) is 16.4. The van der Waals surface area contributed by atoms with Gasteiger partial charge in [0, 0.05) is 0 Å². The second-order valence-corrected chi connectivity index (χ2v) is 23.6. The molecule has 8 aromatic rings. The average Bonchev–Trinajstić information content (AvgIpc) is 4.02. The molecule has 0 spiro atoms. The smallest absolute Gasteiger partial charge is 0.0920 e. The molecular formula is C58H61Cl2SiZr-3. The molecule has 2 unspecified atom stereocenters. The van der Waals surface area contributed by atoms with E-state index in [0.29, 0.717) is 11.8 Å².